The van der Waals surface area contributed by atoms with E-state index < -0.39 is 15.8 Å². The summed E-state index contributed by atoms with van der Waals surface area (Å²) in [5.41, 5.74) is 2.42. The van der Waals surface area contributed by atoms with Crippen LogP contribution in [0, 0.1) is 11.7 Å². The maximum atomic E-state index is 13.1. The zero-order chi connectivity index (χ0) is 24.0. The maximum absolute atomic E-state index is 13.1. The van der Waals surface area contributed by atoms with Crippen molar-refractivity contribution in [3.8, 4) is 0 Å². The molecule has 1 N–H and O–H groups in total. The zero-order valence-electron chi connectivity index (χ0n) is 18.9. The van der Waals surface area contributed by atoms with Crippen LogP contribution in [-0.2, 0) is 14.8 Å². The van der Waals surface area contributed by atoms with E-state index >= 15 is 0 Å². The first-order valence-corrected chi connectivity index (χ1v) is 13.0. The van der Waals surface area contributed by atoms with Crippen LogP contribution >= 0.6 is 0 Å². The van der Waals surface area contributed by atoms with E-state index in [1.807, 2.05) is 36.4 Å². The van der Waals surface area contributed by atoms with E-state index in [0.717, 1.165) is 18.6 Å². The molecule has 0 unspecified atom stereocenters. The molecule has 0 saturated carbocycles. The summed E-state index contributed by atoms with van der Waals surface area (Å²) in [4.78, 5) is 12.9. The van der Waals surface area contributed by atoms with Crippen molar-refractivity contribution < 1.29 is 17.6 Å². The average Bonchev–Trinajstić information content (AvgIpc) is 2.88. The molecule has 1 aliphatic heterocycles. The van der Waals surface area contributed by atoms with Gasteiger partial charge in [0.25, 0.3) is 0 Å². The van der Waals surface area contributed by atoms with Gasteiger partial charge < -0.3 is 5.32 Å². The summed E-state index contributed by atoms with van der Waals surface area (Å²) in [6.07, 6.45) is 1.71. The Balaban J connectivity index is 1.31. The van der Waals surface area contributed by atoms with E-state index in [-0.39, 0.29) is 35.7 Å². The fourth-order valence-electron chi connectivity index (χ4n) is 4.49. The van der Waals surface area contributed by atoms with Crippen LogP contribution in [0.15, 0.2) is 89.8 Å². The van der Waals surface area contributed by atoms with Crippen molar-refractivity contribution in [2.45, 2.75) is 30.1 Å². The Morgan fingerprint density at radius 1 is 0.882 bits per heavy atom. The third-order valence-corrected chi connectivity index (χ3v) is 8.33. The molecule has 4 rings (SSSR count). The lowest BCUT2D eigenvalue weighted by Gasteiger charge is -2.30. The number of amides is 1. The molecule has 0 aliphatic carbocycles. The molecule has 0 radical (unpaired) electrons. The first-order valence-electron chi connectivity index (χ1n) is 11.6. The van der Waals surface area contributed by atoms with Gasteiger partial charge in [0, 0.05) is 31.5 Å². The lowest BCUT2D eigenvalue weighted by atomic mass is 9.88. The Morgan fingerprint density at radius 2 is 1.41 bits per heavy atom. The molecular formula is C27H29FN2O3S. The van der Waals surface area contributed by atoms with Crippen LogP contribution in [0.25, 0.3) is 0 Å². The third-order valence-electron chi connectivity index (χ3n) is 6.41. The number of rotatable bonds is 8. The van der Waals surface area contributed by atoms with Gasteiger partial charge in [-0.1, -0.05) is 60.7 Å². The van der Waals surface area contributed by atoms with E-state index in [0.29, 0.717) is 19.4 Å². The van der Waals surface area contributed by atoms with Gasteiger partial charge in [0.15, 0.2) is 0 Å². The van der Waals surface area contributed by atoms with Gasteiger partial charge in [0.05, 0.1) is 4.90 Å². The number of piperidine rings is 1. The highest BCUT2D eigenvalue weighted by Gasteiger charge is 2.32. The fourth-order valence-corrected chi connectivity index (χ4v) is 5.96. The molecule has 1 amide bonds. The topological polar surface area (TPSA) is 66.5 Å². The Kier molecular flexibility index (Phi) is 7.75. The number of sulfonamides is 1. The molecule has 3 aromatic rings. The molecule has 178 valence electrons. The van der Waals surface area contributed by atoms with Gasteiger partial charge in [-0.3, -0.25) is 4.79 Å². The van der Waals surface area contributed by atoms with E-state index in [1.54, 1.807) is 0 Å². The van der Waals surface area contributed by atoms with Crippen LogP contribution < -0.4 is 5.32 Å². The molecule has 1 saturated heterocycles. The summed E-state index contributed by atoms with van der Waals surface area (Å²) in [7, 11) is -3.68. The van der Waals surface area contributed by atoms with E-state index in [9.17, 15) is 17.6 Å². The highest BCUT2D eigenvalue weighted by Crippen LogP contribution is 2.28. The van der Waals surface area contributed by atoms with E-state index in [4.69, 9.17) is 0 Å². The number of halogens is 1. The predicted octanol–water partition coefficient (Wildman–Crippen LogP) is 4.56. The standard InChI is InChI=1S/C27H29FN2O3S/c28-24-11-13-25(14-12-24)34(32,33)30-19-16-23(17-20-30)27(31)29-18-15-26(21-7-3-1-4-8-21)22-9-5-2-6-10-22/h1-14,23,26H,15-20H2,(H,29,31). The van der Waals surface area contributed by atoms with Gasteiger partial charge in [0.1, 0.15) is 5.82 Å². The Bertz CT molecular complexity index is 1140. The van der Waals surface area contributed by atoms with Crippen molar-refractivity contribution in [2.24, 2.45) is 5.92 Å². The highest BCUT2D eigenvalue weighted by molar-refractivity contribution is 7.89. The Labute approximate surface area is 200 Å². The van der Waals surface area contributed by atoms with E-state index in [1.165, 1.54) is 27.6 Å². The van der Waals surface area contributed by atoms with E-state index in [2.05, 4.69) is 29.6 Å². The van der Waals surface area contributed by atoms with Crippen molar-refractivity contribution >= 4 is 15.9 Å². The summed E-state index contributed by atoms with van der Waals surface area (Å²) in [6, 6.07) is 25.4. The first-order chi connectivity index (χ1) is 16.4. The number of hydrogen-bond acceptors (Lipinski definition) is 3. The van der Waals surface area contributed by atoms with Gasteiger partial charge in [-0.15, -0.1) is 0 Å². The third kappa shape index (κ3) is 5.72. The molecule has 34 heavy (non-hydrogen) atoms. The second-order valence-electron chi connectivity index (χ2n) is 8.59. The predicted molar refractivity (Wildman–Crippen MR) is 130 cm³/mol. The van der Waals surface area contributed by atoms with Crippen LogP contribution in [0.2, 0.25) is 0 Å². The second-order valence-corrected chi connectivity index (χ2v) is 10.5. The molecule has 0 aromatic heterocycles. The van der Waals surface area contributed by atoms with Crippen molar-refractivity contribution in [3.63, 3.8) is 0 Å². The highest BCUT2D eigenvalue weighted by atomic mass is 32.2. The number of nitrogens with zero attached hydrogens (tertiary/aromatic N) is 1. The van der Waals surface area contributed by atoms with Crippen LogP contribution in [0.1, 0.15) is 36.3 Å². The molecule has 1 aliphatic rings. The van der Waals surface area contributed by atoms with Crippen LogP contribution in [-0.4, -0.2) is 38.3 Å². The largest absolute Gasteiger partial charge is 0.356 e. The number of carbonyl (C=O) groups is 1. The lowest BCUT2D eigenvalue weighted by molar-refractivity contribution is -0.126. The summed E-state index contributed by atoms with van der Waals surface area (Å²) in [5, 5.41) is 3.07. The molecule has 0 atom stereocenters. The molecule has 0 bridgehead atoms. The normalized spacial score (nSPS) is 15.4. The van der Waals surface area contributed by atoms with Gasteiger partial charge in [-0.2, -0.15) is 4.31 Å². The summed E-state index contributed by atoms with van der Waals surface area (Å²) in [5.74, 6) is -0.535. The molecule has 7 heteroatoms. The van der Waals surface area contributed by atoms with Crippen molar-refractivity contribution in [2.75, 3.05) is 19.6 Å². The quantitative estimate of drug-likeness (QED) is 0.514. The van der Waals surface area contributed by atoms with Crippen LogP contribution in [0.4, 0.5) is 4.39 Å². The summed E-state index contributed by atoms with van der Waals surface area (Å²) < 4.78 is 40.1. The fraction of sp³-hybridized carbons (Fsp3) is 0.296. The van der Waals surface area contributed by atoms with Gasteiger partial charge in [-0.25, -0.2) is 12.8 Å². The summed E-state index contributed by atoms with van der Waals surface area (Å²) >= 11 is 0. The van der Waals surface area contributed by atoms with Crippen LogP contribution in [0.3, 0.4) is 0 Å². The van der Waals surface area contributed by atoms with Gasteiger partial charge in [-0.05, 0) is 54.7 Å². The number of hydrogen-bond donors (Lipinski definition) is 1. The molecule has 5 nitrogen and oxygen atoms in total. The Hall–Kier alpha value is -3.03. The number of nitrogens with one attached hydrogen (secondary N) is 1. The molecule has 3 aromatic carbocycles. The molecular weight excluding hydrogens is 451 g/mol. The lowest BCUT2D eigenvalue weighted by Crippen LogP contribution is -2.43. The monoisotopic (exact) mass is 480 g/mol. The van der Waals surface area contributed by atoms with Gasteiger partial charge in [0.2, 0.25) is 15.9 Å². The summed E-state index contributed by atoms with van der Waals surface area (Å²) in [6.45, 7) is 1.09. The van der Waals surface area contributed by atoms with Crippen molar-refractivity contribution in [1.29, 1.82) is 0 Å². The van der Waals surface area contributed by atoms with Gasteiger partial charge >= 0.3 is 0 Å². The smallest absolute Gasteiger partial charge is 0.243 e. The number of carbonyl (C=O) groups excluding carboxylic acids is 1. The molecule has 0 spiro atoms. The van der Waals surface area contributed by atoms with Crippen LogP contribution in [0.5, 0.6) is 0 Å². The minimum absolute atomic E-state index is 0.0290. The maximum Gasteiger partial charge on any atom is 0.243 e. The van der Waals surface area contributed by atoms with Crippen molar-refractivity contribution in [3.05, 3.63) is 102 Å². The molecule has 1 heterocycles. The first kappa shape index (κ1) is 24.1. The Morgan fingerprint density at radius 3 is 1.94 bits per heavy atom. The molecule has 1 fully saturated rings. The van der Waals surface area contributed by atoms with Crippen molar-refractivity contribution in [1.82, 2.24) is 9.62 Å². The average molecular weight is 481 g/mol. The minimum atomic E-state index is -3.68. The number of benzene rings is 3. The second kappa shape index (κ2) is 10.9. The SMILES string of the molecule is O=C(NCCC(c1ccccc1)c1ccccc1)C1CCN(S(=O)(=O)c2ccc(F)cc2)CC1. The minimum Gasteiger partial charge on any atom is -0.356 e. The zero-order valence-corrected chi connectivity index (χ0v) is 19.8.